The van der Waals surface area contributed by atoms with E-state index < -0.39 is 0 Å². The van der Waals surface area contributed by atoms with Gasteiger partial charge in [0.1, 0.15) is 5.82 Å². The van der Waals surface area contributed by atoms with Gasteiger partial charge in [-0.15, -0.1) is 0 Å². The molecule has 0 N–H and O–H groups in total. The Labute approximate surface area is 184 Å². The summed E-state index contributed by atoms with van der Waals surface area (Å²) < 4.78 is 17.5. The largest absolute Gasteiger partial charge is 0.496 e. The molecule has 8 heteroatoms. The van der Waals surface area contributed by atoms with Crippen LogP contribution in [-0.2, 0) is 15.9 Å². The number of aromatic nitrogens is 2. The summed E-state index contributed by atoms with van der Waals surface area (Å²) >= 11 is 0. The summed E-state index contributed by atoms with van der Waals surface area (Å²) in [4.78, 5) is 14.1. The molecular formula is C23H31BN4O3. The molecule has 2 unspecified atom stereocenters. The van der Waals surface area contributed by atoms with Gasteiger partial charge in [0.25, 0.3) is 0 Å². The van der Waals surface area contributed by atoms with Crippen molar-refractivity contribution < 1.29 is 14.0 Å². The number of piperidine rings is 1. The molecule has 4 fully saturated rings. The molecule has 6 heterocycles. The number of hydrogen-bond acceptors (Lipinski definition) is 7. The van der Waals surface area contributed by atoms with Gasteiger partial charge in [-0.3, -0.25) is 4.90 Å². The van der Waals surface area contributed by atoms with Crippen LogP contribution in [0.1, 0.15) is 39.7 Å². The second-order valence-corrected chi connectivity index (χ2v) is 9.87. The van der Waals surface area contributed by atoms with Crippen LogP contribution >= 0.6 is 0 Å². The Bertz CT molecular complexity index is 907. The Morgan fingerprint density at radius 1 is 1.00 bits per heavy atom. The van der Waals surface area contributed by atoms with Crippen molar-refractivity contribution in [3.05, 3.63) is 42.2 Å². The Kier molecular flexibility index (Phi) is 4.99. The van der Waals surface area contributed by atoms with Crippen LogP contribution < -0.4 is 15.1 Å². The SMILES string of the molecule is COc1ccc(CN2C3CC2CN(c2ccc(B4OC(C)(C)C(C)(C)O4)cn2)C3)cn1. The molecule has 4 aliphatic heterocycles. The molecule has 6 rings (SSSR count). The fourth-order valence-electron chi connectivity index (χ4n) is 4.67. The first-order valence-corrected chi connectivity index (χ1v) is 11.1. The number of rotatable bonds is 5. The maximum absolute atomic E-state index is 6.15. The third-order valence-corrected chi connectivity index (χ3v) is 7.34. The Hall–Kier alpha value is -2.16. The number of piperazine rings is 1. The van der Waals surface area contributed by atoms with Crippen LogP contribution in [0.15, 0.2) is 36.7 Å². The van der Waals surface area contributed by atoms with E-state index in [0.717, 1.165) is 30.9 Å². The van der Waals surface area contributed by atoms with Crippen molar-refractivity contribution >= 4 is 18.4 Å². The lowest BCUT2D eigenvalue weighted by Crippen LogP contribution is -2.68. The first kappa shape index (κ1) is 20.7. The van der Waals surface area contributed by atoms with Gasteiger partial charge >= 0.3 is 7.12 Å². The highest BCUT2D eigenvalue weighted by Crippen LogP contribution is 2.37. The van der Waals surface area contributed by atoms with Gasteiger partial charge in [-0.05, 0) is 45.7 Å². The lowest BCUT2D eigenvalue weighted by atomic mass is 9.80. The lowest BCUT2D eigenvalue weighted by Gasteiger charge is -2.56. The first-order valence-electron chi connectivity index (χ1n) is 11.1. The molecule has 2 aromatic heterocycles. The maximum atomic E-state index is 6.15. The molecule has 0 amide bonds. The van der Waals surface area contributed by atoms with Gasteiger partial charge in [0.15, 0.2) is 0 Å². The fourth-order valence-corrected chi connectivity index (χ4v) is 4.67. The number of methoxy groups -OCH3 is 1. The zero-order valence-corrected chi connectivity index (χ0v) is 19.0. The Morgan fingerprint density at radius 2 is 1.71 bits per heavy atom. The van der Waals surface area contributed by atoms with Crippen LogP contribution in [0.2, 0.25) is 0 Å². The number of anilines is 1. The highest BCUT2D eigenvalue weighted by Gasteiger charge is 2.52. The first-order chi connectivity index (χ1) is 14.8. The zero-order valence-electron chi connectivity index (χ0n) is 19.0. The van der Waals surface area contributed by atoms with Crippen molar-refractivity contribution in [1.82, 2.24) is 14.9 Å². The van der Waals surface area contributed by atoms with E-state index >= 15 is 0 Å². The van der Waals surface area contributed by atoms with Gasteiger partial charge in [0.05, 0.1) is 18.3 Å². The van der Waals surface area contributed by atoms with Crippen LogP contribution in [-0.4, -0.2) is 65.5 Å². The quantitative estimate of drug-likeness (QED) is 0.685. The standard InChI is InChI=1S/C23H31BN4O3/c1-22(2)23(3,4)31-24(30-22)17-7-8-20(25-12-17)27-14-18-10-19(15-27)28(18)13-16-6-9-21(29-5)26-11-16/h6-9,11-12,18-19H,10,13-15H2,1-5H3. The lowest BCUT2D eigenvalue weighted by molar-refractivity contribution is -0.00876. The number of pyridine rings is 2. The van der Waals surface area contributed by atoms with E-state index in [1.54, 1.807) is 7.11 Å². The van der Waals surface area contributed by atoms with E-state index in [1.165, 1.54) is 12.0 Å². The molecule has 4 saturated heterocycles. The smallest absolute Gasteiger partial charge is 0.481 e. The van der Waals surface area contributed by atoms with E-state index in [2.05, 4.69) is 60.7 Å². The topological polar surface area (TPSA) is 60.0 Å². The molecule has 4 aliphatic rings. The van der Waals surface area contributed by atoms with Crippen molar-refractivity contribution in [2.75, 3.05) is 25.1 Å². The Morgan fingerprint density at radius 3 is 2.26 bits per heavy atom. The van der Waals surface area contributed by atoms with Gasteiger partial charge in [0, 0.05) is 55.6 Å². The van der Waals surface area contributed by atoms with Crippen molar-refractivity contribution in [1.29, 1.82) is 0 Å². The van der Waals surface area contributed by atoms with Gasteiger partial charge in [-0.2, -0.15) is 0 Å². The summed E-state index contributed by atoms with van der Waals surface area (Å²) in [6.45, 7) is 11.2. The van der Waals surface area contributed by atoms with Crippen LogP contribution in [0.5, 0.6) is 5.88 Å². The van der Waals surface area contributed by atoms with Crippen LogP contribution in [0.4, 0.5) is 5.82 Å². The second kappa shape index (κ2) is 7.47. The molecular weight excluding hydrogens is 391 g/mol. The summed E-state index contributed by atoms with van der Waals surface area (Å²) in [6.07, 6.45) is 5.07. The summed E-state index contributed by atoms with van der Waals surface area (Å²) in [5.74, 6) is 1.69. The number of ether oxygens (including phenoxy) is 1. The molecule has 0 radical (unpaired) electrons. The number of fused-ring (bicyclic) bond motifs is 2. The molecule has 2 aromatic rings. The molecule has 164 valence electrons. The van der Waals surface area contributed by atoms with E-state index in [1.807, 2.05) is 18.5 Å². The minimum Gasteiger partial charge on any atom is -0.481 e. The summed E-state index contributed by atoms with van der Waals surface area (Å²) in [7, 11) is 1.28. The second-order valence-electron chi connectivity index (χ2n) is 9.87. The summed E-state index contributed by atoms with van der Waals surface area (Å²) in [6, 6.07) is 9.35. The van der Waals surface area contributed by atoms with Gasteiger partial charge in [0.2, 0.25) is 5.88 Å². The highest BCUT2D eigenvalue weighted by atomic mass is 16.7. The van der Waals surface area contributed by atoms with E-state index in [9.17, 15) is 0 Å². The normalized spacial score (nSPS) is 26.6. The molecule has 0 saturated carbocycles. The van der Waals surface area contributed by atoms with Crippen LogP contribution in [0.3, 0.4) is 0 Å². The third-order valence-electron chi connectivity index (χ3n) is 7.34. The van der Waals surface area contributed by atoms with Crippen LogP contribution in [0, 0.1) is 0 Å². The van der Waals surface area contributed by atoms with Gasteiger partial charge in [-0.25, -0.2) is 9.97 Å². The molecule has 0 spiro atoms. The number of hydrogen-bond donors (Lipinski definition) is 0. The summed E-state index contributed by atoms with van der Waals surface area (Å²) in [5.41, 5.74) is 1.52. The minimum atomic E-state index is -0.366. The highest BCUT2D eigenvalue weighted by molar-refractivity contribution is 6.62. The van der Waals surface area contributed by atoms with Crippen molar-refractivity contribution in [2.45, 2.75) is 63.9 Å². The minimum absolute atomic E-state index is 0.340. The van der Waals surface area contributed by atoms with E-state index in [4.69, 9.17) is 19.0 Å². The van der Waals surface area contributed by atoms with E-state index in [-0.39, 0.29) is 18.3 Å². The fraction of sp³-hybridized carbons (Fsp3) is 0.565. The van der Waals surface area contributed by atoms with E-state index in [0.29, 0.717) is 18.0 Å². The van der Waals surface area contributed by atoms with Crippen molar-refractivity contribution in [3.63, 3.8) is 0 Å². The van der Waals surface area contributed by atoms with Gasteiger partial charge < -0.3 is 18.9 Å². The zero-order chi connectivity index (χ0) is 21.8. The summed E-state index contributed by atoms with van der Waals surface area (Å²) in [5, 5.41) is 0. The molecule has 7 nitrogen and oxygen atoms in total. The average molecular weight is 422 g/mol. The predicted molar refractivity (Wildman–Crippen MR) is 121 cm³/mol. The Balaban J connectivity index is 1.20. The monoisotopic (exact) mass is 422 g/mol. The average Bonchev–Trinajstić information content (AvgIpc) is 2.99. The van der Waals surface area contributed by atoms with Crippen LogP contribution in [0.25, 0.3) is 0 Å². The molecule has 0 aliphatic carbocycles. The van der Waals surface area contributed by atoms with Crippen molar-refractivity contribution in [2.24, 2.45) is 0 Å². The van der Waals surface area contributed by atoms with Gasteiger partial charge in [-0.1, -0.05) is 12.1 Å². The van der Waals surface area contributed by atoms with Crippen molar-refractivity contribution in [3.8, 4) is 5.88 Å². The molecule has 2 bridgehead atoms. The third kappa shape index (κ3) is 3.71. The molecule has 2 atom stereocenters. The predicted octanol–water partition coefficient (Wildman–Crippen LogP) is 2.25. The molecule has 0 aromatic carbocycles. The molecule has 31 heavy (non-hydrogen) atoms. The maximum Gasteiger partial charge on any atom is 0.496 e. The number of nitrogens with zero attached hydrogens (tertiary/aromatic N) is 4.